The summed E-state index contributed by atoms with van der Waals surface area (Å²) in [5, 5.41) is 12.7. The average molecular weight is 537 g/mol. The van der Waals surface area contributed by atoms with Crippen LogP contribution < -0.4 is 9.64 Å². The Hall–Kier alpha value is -3.39. The van der Waals surface area contributed by atoms with Crippen molar-refractivity contribution in [2.24, 2.45) is 0 Å². The van der Waals surface area contributed by atoms with Crippen LogP contribution in [0.15, 0.2) is 66.2 Å². The molecule has 0 radical (unpaired) electrons. The van der Waals surface area contributed by atoms with E-state index in [1.807, 2.05) is 6.92 Å². The summed E-state index contributed by atoms with van der Waals surface area (Å²) < 4.78 is 6.54. The van der Waals surface area contributed by atoms with Gasteiger partial charge in [-0.1, -0.05) is 46.7 Å². The van der Waals surface area contributed by atoms with Crippen molar-refractivity contribution in [3.63, 3.8) is 0 Å². The number of anilines is 1. The summed E-state index contributed by atoms with van der Waals surface area (Å²) in [5.74, 6) is -1.07. The zero-order valence-electron chi connectivity index (χ0n) is 18.9. The number of nitrogens with zero attached hydrogens (tertiary/aromatic N) is 2. The first-order chi connectivity index (χ1) is 17.3. The lowest BCUT2D eigenvalue weighted by Gasteiger charge is -2.23. The van der Waals surface area contributed by atoms with Gasteiger partial charge in [-0.2, -0.15) is 0 Å². The highest BCUT2D eigenvalue weighted by molar-refractivity contribution is 7.22. The molecule has 3 heterocycles. The van der Waals surface area contributed by atoms with Gasteiger partial charge in [-0.05, 0) is 66.6 Å². The maximum Gasteiger partial charge on any atom is 0.301 e. The summed E-state index contributed by atoms with van der Waals surface area (Å²) in [5.41, 5.74) is 2.58. The van der Waals surface area contributed by atoms with Crippen LogP contribution in [0.25, 0.3) is 16.0 Å². The molecular weight excluding hydrogens is 519 g/mol. The fourth-order valence-electron chi connectivity index (χ4n) is 4.74. The first kappa shape index (κ1) is 23.0. The molecule has 0 aliphatic carbocycles. The number of ether oxygens (including phenoxy) is 1. The SMILES string of the molecule is CC1Cc2cc(/C(O)=C3\C(=O)C(=O)N(c4nc5ccc(Cl)cc5s4)C3c3cccc(Cl)c3)ccc2O1. The molecule has 2 aliphatic rings. The minimum Gasteiger partial charge on any atom is -0.507 e. The smallest absolute Gasteiger partial charge is 0.301 e. The third kappa shape index (κ3) is 3.75. The number of aromatic nitrogens is 1. The largest absolute Gasteiger partial charge is 0.507 e. The first-order valence-electron chi connectivity index (χ1n) is 11.2. The summed E-state index contributed by atoms with van der Waals surface area (Å²) in [6, 6.07) is 16.5. The third-order valence-corrected chi connectivity index (χ3v) is 7.81. The number of rotatable bonds is 3. The van der Waals surface area contributed by atoms with Gasteiger partial charge in [0.25, 0.3) is 5.78 Å². The third-order valence-electron chi connectivity index (χ3n) is 6.32. The number of carbonyl (C=O) groups is 2. The van der Waals surface area contributed by atoms with E-state index in [4.69, 9.17) is 27.9 Å². The summed E-state index contributed by atoms with van der Waals surface area (Å²) in [6.07, 6.45) is 0.721. The Bertz CT molecular complexity index is 1610. The minimum absolute atomic E-state index is 0.0218. The number of ketones is 1. The predicted octanol–water partition coefficient (Wildman–Crippen LogP) is 6.55. The number of aliphatic hydroxyl groups is 1. The van der Waals surface area contributed by atoms with Gasteiger partial charge in [0.1, 0.15) is 17.6 Å². The molecule has 1 aromatic heterocycles. The van der Waals surface area contributed by atoms with Gasteiger partial charge in [0.2, 0.25) is 0 Å². The number of fused-ring (bicyclic) bond motifs is 2. The van der Waals surface area contributed by atoms with E-state index in [1.165, 1.54) is 16.2 Å². The molecule has 3 aromatic carbocycles. The van der Waals surface area contributed by atoms with E-state index in [-0.39, 0.29) is 17.4 Å². The average Bonchev–Trinajstić information content (AvgIpc) is 3.50. The number of Topliss-reactive ketones (excluding diaryl/α,β-unsaturated/α-hetero) is 1. The molecule has 0 saturated carbocycles. The van der Waals surface area contributed by atoms with Gasteiger partial charge >= 0.3 is 5.91 Å². The van der Waals surface area contributed by atoms with Gasteiger partial charge in [0.15, 0.2) is 5.13 Å². The maximum atomic E-state index is 13.4. The van der Waals surface area contributed by atoms with Gasteiger partial charge in [-0.25, -0.2) is 4.98 Å². The van der Waals surface area contributed by atoms with Gasteiger partial charge in [-0.3, -0.25) is 14.5 Å². The second-order valence-electron chi connectivity index (χ2n) is 8.79. The standard InChI is InChI=1S/C27H18Cl2N2O4S/c1-13-9-16-10-15(5-8-20(16)35-13)24(32)22-23(14-3-2-4-17(28)11-14)31(26(34)25(22)33)27-30-19-7-6-18(29)12-21(19)36-27/h2-8,10-13,23,32H,9H2,1H3/b24-22+. The van der Waals surface area contributed by atoms with Crippen LogP contribution in [0.2, 0.25) is 10.0 Å². The Labute approximate surface area is 220 Å². The number of benzene rings is 3. The van der Waals surface area contributed by atoms with Crippen molar-refractivity contribution >= 4 is 67.3 Å². The predicted molar refractivity (Wildman–Crippen MR) is 141 cm³/mol. The van der Waals surface area contributed by atoms with Gasteiger partial charge in [0.05, 0.1) is 21.8 Å². The molecule has 1 N–H and O–H groups in total. The Morgan fingerprint density at radius 1 is 1.08 bits per heavy atom. The molecule has 6 rings (SSSR count). The van der Waals surface area contributed by atoms with Crippen molar-refractivity contribution in [3.8, 4) is 5.75 Å². The van der Waals surface area contributed by atoms with Crippen molar-refractivity contribution < 1.29 is 19.4 Å². The molecule has 9 heteroatoms. The quantitative estimate of drug-likeness (QED) is 0.182. The van der Waals surface area contributed by atoms with Crippen LogP contribution in [0.5, 0.6) is 5.75 Å². The molecule has 6 nitrogen and oxygen atoms in total. The van der Waals surface area contributed by atoms with Crippen molar-refractivity contribution in [3.05, 3.63) is 93.0 Å². The van der Waals surface area contributed by atoms with Crippen molar-refractivity contribution in [2.75, 3.05) is 4.90 Å². The zero-order chi connectivity index (χ0) is 25.1. The van der Waals surface area contributed by atoms with E-state index in [1.54, 1.807) is 60.7 Å². The number of halogens is 2. The summed E-state index contributed by atoms with van der Waals surface area (Å²) in [4.78, 5) is 32.8. The summed E-state index contributed by atoms with van der Waals surface area (Å²) in [7, 11) is 0. The molecule has 4 aromatic rings. The van der Waals surface area contributed by atoms with Crippen LogP contribution in [-0.4, -0.2) is 27.9 Å². The van der Waals surface area contributed by atoms with Crippen LogP contribution in [0, 0.1) is 0 Å². The fraction of sp³-hybridized carbons (Fsp3) is 0.148. The molecule has 2 unspecified atom stereocenters. The van der Waals surface area contributed by atoms with Gasteiger partial charge in [0, 0.05) is 22.0 Å². The molecule has 1 fully saturated rings. The molecule has 1 saturated heterocycles. The lowest BCUT2D eigenvalue weighted by Crippen LogP contribution is -2.29. The second kappa shape index (κ2) is 8.62. The highest BCUT2D eigenvalue weighted by Gasteiger charge is 2.48. The maximum absolute atomic E-state index is 13.4. The molecule has 2 atom stereocenters. The molecular formula is C27H18Cl2N2O4S. The highest BCUT2D eigenvalue weighted by Crippen LogP contribution is 2.45. The van der Waals surface area contributed by atoms with Crippen molar-refractivity contribution in [1.29, 1.82) is 0 Å². The van der Waals surface area contributed by atoms with E-state index in [9.17, 15) is 14.7 Å². The monoisotopic (exact) mass is 536 g/mol. The number of thiazole rings is 1. The van der Waals surface area contributed by atoms with Crippen LogP contribution in [0.3, 0.4) is 0 Å². The topological polar surface area (TPSA) is 79.7 Å². The van der Waals surface area contributed by atoms with Crippen LogP contribution in [0.1, 0.15) is 29.7 Å². The molecule has 2 aliphatic heterocycles. The lowest BCUT2D eigenvalue weighted by molar-refractivity contribution is -0.132. The Balaban J connectivity index is 1.54. The van der Waals surface area contributed by atoms with Crippen molar-refractivity contribution in [2.45, 2.75) is 25.5 Å². The Morgan fingerprint density at radius 2 is 1.89 bits per heavy atom. The van der Waals surface area contributed by atoms with Gasteiger partial charge in [-0.15, -0.1) is 0 Å². The van der Waals surface area contributed by atoms with Crippen LogP contribution in [-0.2, 0) is 16.0 Å². The molecule has 0 bridgehead atoms. The van der Waals surface area contributed by atoms with E-state index < -0.39 is 17.7 Å². The van der Waals surface area contributed by atoms with Crippen LogP contribution in [0.4, 0.5) is 5.13 Å². The Morgan fingerprint density at radius 3 is 2.69 bits per heavy atom. The summed E-state index contributed by atoms with van der Waals surface area (Å²) >= 11 is 13.7. The van der Waals surface area contributed by atoms with E-state index in [0.29, 0.717) is 38.2 Å². The van der Waals surface area contributed by atoms with E-state index >= 15 is 0 Å². The van der Waals surface area contributed by atoms with Crippen molar-refractivity contribution in [1.82, 2.24) is 4.98 Å². The minimum atomic E-state index is -0.914. The number of amides is 1. The second-order valence-corrected chi connectivity index (χ2v) is 10.7. The molecule has 0 spiro atoms. The van der Waals surface area contributed by atoms with E-state index in [0.717, 1.165) is 16.0 Å². The number of aliphatic hydroxyl groups excluding tert-OH is 1. The fourth-order valence-corrected chi connectivity index (χ4v) is 6.20. The summed E-state index contributed by atoms with van der Waals surface area (Å²) in [6.45, 7) is 1.97. The Kier molecular flexibility index (Phi) is 5.52. The normalized spacial score (nSPS) is 20.7. The van der Waals surface area contributed by atoms with Crippen LogP contribution >= 0.6 is 34.5 Å². The highest BCUT2D eigenvalue weighted by atomic mass is 35.5. The number of carbonyl (C=O) groups excluding carboxylic acids is 2. The molecule has 36 heavy (non-hydrogen) atoms. The van der Waals surface area contributed by atoms with E-state index in [2.05, 4.69) is 4.98 Å². The lowest BCUT2D eigenvalue weighted by atomic mass is 9.94. The van der Waals surface area contributed by atoms with Gasteiger partial charge < -0.3 is 9.84 Å². The number of hydrogen-bond donors (Lipinski definition) is 1. The molecule has 1 amide bonds. The molecule has 180 valence electrons. The number of hydrogen-bond acceptors (Lipinski definition) is 6. The first-order valence-corrected chi connectivity index (χ1v) is 12.8. The zero-order valence-corrected chi connectivity index (χ0v) is 21.2.